The van der Waals surface area contributed by atoms with Crippen molar-refractivity contribution < 1.29 is 22.7 Å². The van der Waals surface area contributed by atoms with E-state index in [9.17, 15) is 22.7 Å². The van der Waals surface area contributed by atoms with Gasteiger partial charge in [0, 0.05) is 6.04 Å². The summed E-state index contributed by atoms with van der Waals surface area (Å²) in [7, 11) is 0. The molecule has 102 valence electrons. The van der Waals surface area contributed by atoms with E-state index in [-0.39, 0.29) is 12.0 Å². The van der Waals surface area contributed by atoms with Gasteiger partial charge in [0.05, 0.1) is 0 Å². The topological polar surface area (TPSA) is 46.2 Å². The summed E-state index contributed by atoms with van der Waals surface area (Å²) in [6.45, 7) is 2.75. The van der Waals surface area contributed by atoms with Crippen molar-refractivity contribution in [1.82, 2.24) is 0 Å². The van der Waals surface area contributed by atoms with Crippen LogP contribution in [0.5, 0.6) is 0 Å². The smallest absolute Gasteiger partial charge is 0.375 e. The molecule has 0 aromatic heterocycles. The predicted molar refractivity (Wildman–Crippen MR) is 59.4 cm³/mol. The van der Waals surface area contributed by atoms with Crippen LogP contribution >= 0.6 is 0 Å². The molecule has 0 heterocycles. The van der Waals surface area contributed by atoms with E-state index in [2.05, 4.69) is 0 Å². The molecular weight excluding hydrogens is 250 g/mol. The van der Waals surface area contributed by atoms with Gasteiger partial charge in [-0.3, -0.25) is 0 Å². The Kier molecular flexibility index (Phi) is 4.02. The standard InChI is InChI=1S/C12H15F4NO/c1-3-10(17)11(18,12(14,15)16)9-5-4-8(13)6-7(9)2/h4-6,10,18H,3,17H2,1-2H3. The summed E-state index contributed by atoms with van der Waals surface area (Å²) in [5.74, 6) is -0.661. The second-order valence-electron chi connectivity index (χ2n) is 4.24. The number of aliphatic hydroxyl groups is 1. The molecule has 1 rings (SSSR count). The van der Waals surface area contributed by atoms with Crippen molar-refractivity contribution in [2.24, 2.45) is 5.73 Å². The molecule has 0 spiro atoms. The summed E-state index contributed by atoms with van der Waals surface area (Å²) in [5.41, 5.74) is 1.85. The molecule has 0 fully saturated rings. The van der Waals surface area contributed by atoms with Crippen LogP contribution in [0, 0.1) is 12.7 Å². The van der Waals surface area contributed by atoms with Crippen molar-refractivity contribution >= 4 is 0 Å². The van der Waals surface area contributed by atoms with E-state index in [4.69, 9.17) is 5.73 Å². The maximum atomic E-state index is 13.1. The van der Waals surface area contributed by atoms with Gasteiger partial charge < -0.3 is 10.8 Å². The van der Waals surface area contributed by atoms with Gasteiger partial charge >= 0.3 is 6.18 Å². The molecule has 0 aliphatic heterocycles. The van der Waals surface area contributed by atoms with Crippen LogP contribution in [0.4, 0.5) is 17.6 Å². The number of hydrogen-bond donors (Lipinski definition) is 2. The maximum Gasteiger partial charge on any atom is 0.423 e. The molecule has 6 heteroatoms. The van der Waals surface area contributed by atoms with Gasteiger partial charge in [0.1, 0.15) is 5.82 Å². The fourth-order valence-corrected chi connectivity index (χ4v) is 1.91. The Morgan fingerprint density at radius 1 is 1.33 bits per heavy atom. The number of hydrogen-bond acceptors (Lipinski definition) is 2. The number of alkyl halides is 3. The van der Waals surface area contributed by atoms with Gasteiger partial charge in [0.2, 0.25) is 5.60 Å². The molecule has 0 bridgehead atoms. The SMILES string of the molecule is CCC(N)C(O)(c1ccc(F)cc1C)C(F)(F)F. The molecule has 0 aliphatic rings. The summed E-state index contributed by atoms with van der Waals surface area (Å²) in [6, 6.07) is 1.23. The highest BCUT2D eigenvalue weighted by Gasteiger charge is 2.58. The summed E-state index contributed by atoms with van der Waals surface area (Å²) in [6.07, 6.45) is -4.99. The van der Waals surface area contributed by atoms with Crippen molar-refractivity contribution in [1.29, 1.82) is 0 Å². The molecule has 1 aromatic carbocycles. The van der Waals surface area contributed by atoms with Gasteiger partial charge in [-0.2, -0.15) is 13.2 Å². The Morgan fingerprint density at radius 2 is 1.89 bits per heavy atom. The molecule has 0 saturated heterocycles. The second-order valence-corrected chi connectivity index (χ2v) is 4.24. The van der Waals surface area contributed by atoms with Crippen molar-refractivity contribution in [3.8, 4) is 0 Å². The minimum absolute atomic E-state index is 0.0127. The van der Waals surface area contributed by atoms with Gasteiger partial charge in [-0.05, 0) is 36.6 Å². The third-order valence-electron chi connectivity index (χ3n) is 3.01. The number of rotatable bonds is 3. The first-order chi connectivity index (χ1) is 8.14. The van der Waals surface area contributed by atoms with Crippen LogP contribution < -0.4 is 5.73 Å². The quantitative estimate of drug-likeness (QED) is 0.825. The number of aryl methyl sites for hydroxylation is 1. The molecular formula is C12H15F4NO. The van der Waals surface area contributed by atoms with E-state index in [0.29, 0.717) is 0 Å². The van der Waals surface area contributed by atoms with Crippen LogP contribution in [0.15, 0.2) is 18.2 Å². The Balaban J connectivity index is 3.45. The normalized spacial score (nSPS) is 17.3. The Morgan fingerprint density at radius 3 is 2.28 bits per heavy atom. The number of halogens is 4. The van der Waals surface area contributed by atoms with E-state index >= 15 is 0 Å². The lowest BCUT2D eigenvalue weighted by Gasteiger charge is -2.36. The van der Waals surface area contributed by atoms with E-state index in [1.165, 1.54) is 13.8 Å². The van der Waals surface area contributed by atoms with Crippen molar-refractivity contribution in [2.45, 2.75) is 38.1 Å². The predicted octanol–water partition coefficient (Wildman–Crippen LogP) is 2.62. The van der Waals surface area contributed by atoms with E-state index in [1.807, 2.05) is 0 Å². The monoisotopic (exact) mass is 265 g/mol. The van der Waals surface area contributed by atoms with E-state index in [0.717, 1.165) is 18.2 Å². The largest absolute Gasteiger partial charge is 0.423 e. The maximum absolute atomic E-state index is 13.1. The summed E-state index contributed by atoms with van der Waals surface area (Å²) < 4.78 is 52.2. The van der Waals surface area contributed by atoms with E-state index in [1.54, 1.807) is 0 Å². The molecule has 0 radical (unpaired) electrons. The lowest BCUT2D eigenvalue weighted by Crippen LogP contribution is -2.55. The third kappa shape index (κ3) is 2.35. The first-order valence-electron chi connectivity index (χ1n) is 5.45. The van der Waals surface area contributed by atoms with Crippen LogP contribution in [0.3, 0.4) is 0 Å². The zero-order valence-electron chi connectivity index (χ0n) is 10.1. The lowest BCUT2D eigenvalue weighted by atomic mass is 9.82. The van der Waals surface area contributed by atoms with Crippen LogP contribution in [0.25, 0.3) is 0 Å². The van der Waals surface area contributed by atoms with Crippen LogP contribution in [-0.4, -0.2) is 17.3 Å². The number of benzene rings is 1. The van der Waals surface area contributed by atoms with Crippen LogP contribution in [0.2, 0.25) is 0 Å². The van der Waals surface area contributed by atoms with Crippen LogP contribution in [-0.2, 0) is 5.60 Å². The molecule has 3 N–H and O–H groups in total. The average Bonchev–Trinajstić information content (AvgIpc) is 2.25. The van der Waals surface area contributed by atoms with E-state index < -0.39 is 29.2 Å². The second kappa shape index (κ2) is 4.85. The summed E-state index contributed by atoms with van der Waals surface area (Å²) >= 11 is 0. The van der Waals surface area contributed by atoms with Crippen LogP contribution in [0.1, 0.15) is 24.5 Å². The van der Waals surface area contributed by atoms with Gasteiger partial charge in [0.25, 0.3) is 0 Å². The zero-order valence-corrected chi connectivity index (χ0v) is 10.1. The Labute approximate surface area is 102 Å². The van der Waals surface area contributed by atoms with Crippen molar-refractivity contribution in [3.05, 3.63) is 35.1 Å². The average molecular weight is 265 g/mol. The van der Waals surface area contributed by atoms with Gasteiger partial charge in [-0.25, -0.2) is 4.39 Å². The highest BCUT2D eigenvalue weighted by molar-refractivity contribution is 5.34. The molecule has 18 heavy (non-hydrogen) atoms. The lowest BCUT2D eigenvalue weighted by molar-refractivity contribution is -0.275. The molecule has 1 aromatic rings. The Bertz CT molecular complexity index is 433. The summed E-state index contributed by atoms with van der Waals surface area (Å²) in [5, 5.41) is 9.99. The first kappa shape index (κ1) is 14.9. The zero-order chi connectivity index (χ0) is 14.1. The molecule has 0 saturated carbocycles. The Hall–Kier alpha value is -1.14. The number of nitrogens with two attached hydrogens (primary N) is 1. The van der Waals surface area contributed by atoms with Gasteiger partial charge in [0.15, 0.2) is 0 Å². The van der Waals surface area contributed by atoms with Gasteiger partial charge in [-0.15, -0.1) is 0 Å². The molecule has 2 atom stereocenters. The molecule has 2 nitrogen and oxygen atoms in total. The first-order valence-corrected chi connectivity index (χ1v) is 5.45. The third-order valence-corrected chi connectivity index (χ3v) is 3.01. The highest BCUT2D eigenvalue weighted by atomic mass is 19.4. The van der Waals surface area contributed by atoms with Crippen molar-refractivity contribution in [2.75, 3.05) is 0 Å². The van der Waals surface area contributed by atoms with Gasteiger partial charge in [-0.1, -0.05) is 13.0 Å². The highest BCUT2D eigenvalue weighted by Crippen LogP contribution is 2.43. The minimum Gasteiger partial charge on any atom is -0.375 e. The molecule has 0 aliphatic carbocycles. The molecule has 0 amide bonds. The molecule has 2 unspecified atom stereocenters. The summed E-state index contributed by atoms with van der Waals surface area (Å²) in [4.78, 5) is 0. The fourth-order valence-electron chi connectivity index (χ4n) is 1.91. The van der Waals surface area contributed by atoms with Crippen molar-refractivity contribution in [3.63, 3.8) is 0 Å². The fraction of sp³-hybridized carbons (Fsp3) is 0.500. The minimum atomic E-state index is -4.93.